The summed E-state index contributed by atoms with van der Waals surface area (Å²) in [6, 6.07) is 3.51. The van der Waals surface area contributed by atoms with Gasteiger partial charge < -0.3 is 9.73 Å². The van der Waals surface area contributed by atoms with Crippen molar-refractivity contribution in [2.75, 3.05) is 12.4 Å². The van der Waals surface area contributed by atoms with Crippen LogP contribution < -0.4 is 5.32 Å². The van der Waals surface area contributed by atoms with Gasteiger partial charge in [-0.2, -0.15) is 0 Å². The molecule has 0 unspecified atom stereocenters. The smallest absolute Gasteiger partial charge is 0.286 e. The van der Waals surface area contributed by atoms with Crippen molar-refractivity contribution in [3.8, 4) is 0 Å². The highest BCUT2D eigenvalue weighted by atomic mass is 35.5. The van der Waals surface area contributed by atoms with Gasteiger partial charge in [0.25, 0.3) is 5.91 Å². The van der Waals surface area contributed by atoms with Crippen LogP contribution in [0.1, 0.15) is 29.7 Å². The molecule has 0 spiro atoms. The van der Waals surface area contributed by atoms with E-state index in [2.05, 4.69) is 5.32 Å². The molecule has 78 valence electrons. The van der Waals surface area contributed by atoms with Crippen LogP contribution in [0.15, 0.2) is 16.5 Å². The van der Waals surface area contributed by atoms with E-state index in [1.54, 1.807) is 6.07 Å². The molecule has 0 atom stereocenters. The van der Waals surface area contributed by atoms with Gasteiger partial charge in [-0.3, -0.25) is 4.79 Å². The molecule has 0 radical (unpaired) electrons. The fraction of sp³-hybridized carbons (Fsp3) is 0.500. The van der Waals surface area contributed by atoms with Gasteiger partial charge in [0.2, 0.25) is 0 Å². The van der Waals surface area contributed by atoms with Crippen LogP contribution in [0, 0.1) is 0 Å². The summed E-state index contributed by atoms with van der Waals surface area (Å²) in [7, 11) is 0. The Kier molecular flexibility index (Phi) is 4.53. The Bertz CT molecular complexity index is 296. The van der Waals surface area contributed by atoms with Gasteiger partial charge in [-0.15, -0.1) is 11.6 Å². The topological polar surface area (TPSA) is 42.2 Å². The Balaban J connectivity index is 2.44. The minimum absolute atomic E-state index is 0.171. The highest BCUT2D eigenvalue weighted by Gasteiger charge is 2.08. The third kappa shape index (κ3) is 3.07. The van der Waals surface area contributed by atoms with E-state index in [9.17, 15) is 4.79 Å². The zero-order chi connectivity index (χ0) is 10.4. The average Bonchev–Trinajstić information content (AvgIpc) is 2.66. The highest BCUT2D eigenvalue weighted by molar-refractivity contribution is 6.17. The van der Waals surface area contributed by atoms with E-state index in [1.807, 2.05) is 13.0 Å². The van der Waals surface area contributed by atoms with Crippen molar-refractivity contribution in [1.82, 2.24) is 5.32 Å². The zero-order valence-electron chi connectivity index (χ0n) is 8.18. The summed E-state index contributed by atoms with van der Waals surface area (Å²) >= 11 is 5.48. The van der Waals surface area contributed by atoms with Crippen LogP contribution in [0.5, 0.6) is 0 Å². The van der Waals surface area contributed by atoms with Gasteiger partial charge in [0.05, 0.1) is 0 Å². The van der Waals surface area contributed by atoms with Gasteiger partial charge in [-0.05, 0) is 18.6 Å². The summed E-state index contributed by atoms with van der Waals surface area (Å²) < 4.78 is 5.28. The maximum absolute atomic E-state index is 11.4. The van der Waals surface area contributed by atoms with Gasteiger partial charge in [0.1, 0.15) is 5.76 Å². The van der Waals surface area contributed by atoms with Gasteiger partial charge in [-0.1, -0.05) is 6.92 Å². The van der Waals surface area contributed by atoms with E-state index >= 15 is 0 Å². The molecule has 1 rings (SSSR count). The lowest BCUT2D eigenvalue weighted by atomic mass is 10.3. The fourth-order valence-electron chi connectivity index (χ4n) is 1.05. The van der Waals surface area contributed by atoms with Crippen molar-refractivity contribution in [1.29, 1.82) is 0 Å². The quantitative estimate of drug-likeness (QED) is 0.605. The third-order valence-corrected chi connectivity index (χ3v) is 2.10. The van der Waals surface area contributed by atoms with E-state index < -0.39 is 0 Å². The molecule has 0 bridgehead atoms. The molecule has 0 fully saturated rings. The second-order valence-corrected chi connectivity index (χ2v) is 3.30. The van der Waals surface area contributed by atoms with Crippen molar-refractivity contribution < 1.29 is 9.21 Å². The van der Waals surface area contributed by atoms with E-state index in [0.29, 0.717) is 18.2 Å². The molecule has 1 aromatic heterocycles. The number of rotatable bonds is 5. The molecule has 1 amide bonds. The molecular formula is C10H14ClNO2. The van der Waals surface area contributed by atoms with Crippen molar-refractivity contribution >= 4 is 17.5 Å². The molecule has 0 saturated carbocycles. The lowest BCUT2D eigenvalue weighted by Gasteiger charge is -2.00. The van der Waals surface area contributed by atoms with E-state index in [1.165, 1.54) is 0 Å². The summed E-state index contributed by atoms with van der Waals surface area (Å²) in [4.78, 5) is 11.4. The number of amides is 1. The Labute approximate surface area is 88.4 Å². The number of carbonyl (C=O) groups excluding carboxylic acids is 1. The first-order valence-corrected chi connectivity index (χ1v) is 5.24. The van der Waals surface area contributed by atoms with Gasteiger partial charge in [-0.25, -0.2) is 0 Å². The number of carbonyl (C=O) groups is 1. The van der Waals surface area contributed by atoms with Crippen LogP contribution in [-0.2, 0) is 6.42 Å². The molecule has 0 aromatic carbocycles. The second kappa shape index (κ2) is 5.70. The minimum atomic E-state index is -0.171. The van der Waals surface area contributed by atoms with Crippen LogP contribution >= 0.6 is 11.6 Å². The molecule has 1 aromatic rings. The SMILES string of the molecule is CCc1ccc(C(=O)NCCCCl)o1. The van der Waals surface area contributed by atoms with Crippen molar-refractivity contribution in [3.63, 3.8) is 0 Å². The van der Waals surface area contributed by atoms with Crippen LogP contribution in [0.4, 0.5) is 0 Å². The summed E-state index contributed by atoms with van der Waals surface area (Å²) in [5, 5.41) is 2.72. The summed E-state index contributed by atoms with van der Waals surface area (Å²) in [5.41, 5.74) is 0. The Morgan fingerprint density at radius 3 is 2.93 bits per heavy atom. The van der Waals surface area contributed by atoms with Gasteiger partial charge >= 0.3 is 0 Å². The number of hydrogen-bond donors (Lipinski definition) is 1. The van der Waals surface area contributed by atoms with Crippen molar-refractivity contribution in [2.45, 2.75) is 19.8 Å². The summed E-state index contributed by atoms with van der Waals surface area (Å²) in [6.45, 7) is 2.57. The molecular weight excluding hydrogens is 202 g/mol. The maximum Gasteiger partial charge on any atom is 0.286 e. The van der Waals surface area contributed by atoms with Gasteiger partial charge in [0, 0.05) is 18.8 Å². The normalized spacial score (nSPS) is 10.1. The first-order chi connectivity index (χ1) is 6.77. The number of hydrogen-bond acceptors (Lipinski definition) is 2. The molecule has 0 aliphatic heterocycles. The van der Waals surface area contributed by atoms with Crippen LogP contribution in [0.25, 0.3) is 0 Å². The summed E-state index contributed by atoms with van der Waals surface area (Å²) in [6.07, 6.45) is 1.57. The summed E-state index contributed by atoms with van der Waals surface area (Å²) in [5.74, 6) is 1.58. The van der Waals surface area contributed by atoms with Crippen molar-refractivity contribution in [3.05, 3.63) is 23.7 Å². The maximum atomic E-state index is 11.4. The Hall–Kier alpha value is -0.960. The predicted molar refractivity (Wildman–Crippen MR) is 55.8 cm³/mol. The number of furan rings is 1. The molecule has 1 N–H and O–H groups in total. The van der Waals surface area contributed by atoms with Gasteiger partial charge in [0.15, 0.2) is 5.76 Å². The number of aryl methyl sites for hydroxylation is 1. The van der Waals surface area contributed by atoms with Crippen LogP contribution in [-0.4, -0.2) is 18.3 Å². The highest BCUT2D eigenvalue weighted by Crippen LogP contribution is 2.07. The van der Waals surface area contributed by atoms with Crippen molar-refractivity contribution in [2.24, 2.45) is 0 Å². The predicted octanol–water partition coefficient (Wildman–Crippen LogP) is 2.20. The molecule has 0 aliphatic carbocycles. The van der Waals surface area contributed by atoms with E-state index in [-0.39, 0.29) is 5.91 Å². The first-order valence-electron chi connectivity index (χ1n) is 4.70. The number of halogens is 1. The number of nitrogens with one attached hydrogen (secondary N) is 1. The average molecular weight is 216 g/mol. The van der Waals surface area contributed by atoms with Crippen LogP contribution in [0.3, 0.4) is 0 Å². The van der Waals surface area contributed by atoms with E-state index in [4.69, 9.17) is 16.0 Å². The second-order valence-electron chi connectivity index (χ2n) is 2.92. The lowest BCUT2D eigenvalue weighted by Crippen LogP contribution is -2.24. The molecule has 0 aliphatic rings. The molecule has 1 heterocycles. The Morgan fingerprint density at radius 1 is 1.57 bits per heavy atom. The fourth-order valence-corrected chi connectivity index (χ4v) is 1.18. The standard InChI is InChI=1S/C10H14ClNO2/c1-2-8-4-5-9(14-8)10(13)12-7-3-6-11/h4-5H,2-3,6-7H2,1H3,(H,12,13). The molecule has 4 heteroatoms. The van der Waals surface area contributed by atoms with Crippen LogP contribution in [0.2, 0.25) is 0 Å². The first kappa shape index (κ1) is 11.1. The molecule has 0 saturated heterocycles. The monoisotopic (exact) mass is 215 g/mol. The minimum Gasteiger partial charge on any atom is -0.456 e. The molecule has 14 heavy (non-hydrogen) atoms. The lowest BCUT2D eigenvalue weighted by molar-refractivity contribution is 0.0924. The zero-order valence-corrected chi connectivity index (χ0v) is 8.93. The third-order valence-electron chi connectivity index (χ3n) is 1.83. The van der Waals surface area contributed by atoms with E-state index in [0.717, 1.165) is 18.6 Å². The molecule has 3 nitrogen and oxygen atoms in total. The largest absolute Gasteiger partial charge is 0.456 e. The Morgan fingerprint density at radius 2 is 2.36 bits per heavy atom. The number of alkyl halides is 1.